The van der Waals surface area contributed by atoms with Gasteiger partial charge >= 0.3 is 0 Å². The molecule has 102 valence electrons. The lowest BCUT2D eigenvalue weighted by Crippen LogP contribution is -2.01. The number of rotatable bonds is 4. The van der Waals surface area contributed by atoms with Crippen molar-refractivity contribution in [3.8, 4) is 5.75 Å². The fourth-order valence-electron chi connectivity index (χ4n) is 1.75. The van der Waals surface area contributed by atoms with Gasteiger partial charge in [0.25, 0.3) is 0 Å². The van der Waals surface area contributed by atoms with Crippen LogP contribution in [0.4, 0.5) is 0 Å². The molecule has 2 rings (SSSR count). The van der Waals surface area contributed by atoms with E-state index in [4.69, 9.17) is 27.9 Å². The first-order valence-electron chi connectivity index (χ1n) is 5.46. The Kier molecular flexibility index (Phi) is 5.15. The Morgan fingerprint density at radius 1 is 1.37 bits per heavy atom. The SMILES string of the molecule is COc1ccc(CC(O)c2cc(Cl)sc2Cl)cc1Br. The van der Waals surface area contributed by atoms with Crippen LogP contribution in [0.2, 0.25) is 8.67 Å². The molecule has 0 fully saturated rings. The predicted molar refractivity (Wildman–Crippen MR) is 83.7 cm³/mol. The van der Waals surface area contributed by atoms with Gasteiger partial charge in [0.1, 0.15) is 10.1 Å². The highest BCUT2D eigenvalue weighted by Gasteiger charge is 2.16. The molecule has 2 aromatic rings. The van der Waals surface area contributed by atoms with E-state index in [9.17, 15) is 5.11 Å². The number of ether oxygens (including phenoxy) is 1. The molecule has 1 unspecified atom stereocenters. The monoisotopic (exact) mass is 380 g/mol. The first-order chi connectivity index (χ1) is 9.01. The van der Waals surface area contributed by atoms with Gasteiger partial charge in [0.05, 0.1) is 22.0 Å². The minimum absolute atomic E-state index is 0.468. The Labute approximate surface area is 134 Å². The molecule has 1 aromatic carbocycles. The van der Waals surface area contributed by atoms with Crippen molar-refractivity contribution in [3.63, 3.8) is 0 Å². The lowest BCUT2D eigenvalue weighted by molar-refractivity contribution is 0.179. The lowest BCUT2D eigenvalue weighted by atomic mass is 10.0. The molecule has 0 saturated carbocycles. The van der Waals surface area contributed by atoms with Crippen LogP contribution < -0.4 is 4.74 Å². The maximum atomic E-state index is 10.2. The van der Waals surface area contributed by atoms with E-state index in [0.717, 1.165) is 15.8 Å². The average Bonchev–Trinajstić information content (AvgIpc) is 2.69. The molecule has 0 bridgehead atoms. The van der Waals surface area contributed by atoms with Crippen molar-refractivity contribution in [3.05, 3.63) is 48.5 Å². The molecule has 0 aliphatic heterocycles. The Morgan fingerprint density at radius 3 is 2.63 bits per heavy atom. The number of methoxy groups -OCH3 is 1. The van der Waals surface area contributed by atoms with Crippen LogP contribution in [0.3, 0.4) is 0 Å². The molecular weight excluding hydrogens is 371 g/mol. The highest BCUT2D eigenvalue weighted by atomic mass is 79.9. The van der Waals surface area contributed by atoms with E-state index >= 15 is 0 Å². The zero-order valence-electron chi connectivity index (χ0n) is 9.99. The van der Waals surface area contributed by atoms with Gasteiger partial charge in [-0.2, -0.15) is 0 Å². The summed E-state index contributed by atoms with van der Waals surface area (Å²) in [7, 11) is 1.61. The molecule has 19 heavy (non-hydrogen) atoms. The molecule has 0 aliphatic rings. The van der Waals surface area contributed by atoms with Crippen LogP contribution in [-0.4, -0.2) is 12.2 Å². The van der Waals surface area contributed by atoms with E-state index in [2.05, 4.69) is 15.9 Å². The van der Waals surface area contributed by atoms with E-state index in [1.807, 2.05) is 18.2 Å². The third-order valence-corrected chi connectivity index (χ3v) is 4.83. The van der Waals surface area contributed by atoms with Gasteiger partial charge in [-0.05, 0) is 39.7 Å². The van der Waals surface area contributed by atoms with Gasteiger partial charge in [-0.15, -0.1) is 11.3 Å². The molecule has 1 N–H and O–H groups in total. The Balaban J connectivity index is 2.17. The maximum Gasteiger partial charge on any atom is 0.133 e. The minimum Gasteiger partial charge on any atom is -0.496 e. The van der Waals surface area contributed by atoms with Gasteiger partial charge in [-0.25, -0.2) is 0 Å². The zero-order chi connectivity index (χ0) is 14.0. The van der Waals surface area contributed by atoms with Crippen LogP contribution in [-0.2, 0) is 6.42 Å². The molecule has 1 atom stereocenters. The average molecular weight is 382 g/mol. The van der Waals surface area contributed by atoms with Crippen LogP contribution in [0.5, 0.6) is 5.75 Å². The minimum atomic E-state index is -0.670. The summed E-state index contributed by atoms with van der Waals surface area (Å²) in [6.07, 6.45) is -0.202. The fraction of sp³-hybridized carbons (Fsp3) is 0.231. The number of thiophene rings is 1. The number of benzene rings is 1. The molecule has 0 spiro atoms. The molecule has 2 nitrogen and oxygen atoms in total. The largest absolute Gasteiger partial charge is 0.496 e. The standard InChI is InChI=1S/C13H11BrCl2O2S/c1-18-11-3-2-7(4-9(11)14)5-10(17)8-6-12(15)19-13(8)16/h2-4,6,10,17H,5H2,1H3. The van der Waals surface area contributed by atoms with Crippen molar-refractivity contribution < 1.29 is 9.84 Å². The van der Waals surface area contributed by atoms with Crippen molar-refractivity contribution in [1.29, 1.82) is 0 Å². The fourth-order valence-corrected chi connectivity index (χ4v) is 3.91. The number of aliphatic hydroxyl groups is 1. The summed E-state index contributed by atoms with van der Waals surface area (Å²) in [5, 5.41) is 10.2. The molecule has 6 heteroatoms. The second-order valence-corrected chi connectivity index (χ2v) is 7.11. The van der Waals surface area contributed by atoms with Crippen molar-refractivity contribution >= 4 is 50.5 Å². The molecule has 0 saturated heterocycles. The second kappa shape index (κ2) is 6.46. The van der Waals surface area contributed by atoms with Gasteiger partial charge in [-0.3, -0.25) is 0 Å². The molecule has 0 amide bonds. The summed E-state index contributed by atoms with van der Waals surface area (Å²) >= 11 is 16.6. The molecule has 0 aliphatic carbocycles. The van der Waals surface area contributed by atoms with E-state index in [-0.39, 0.29) is 0 Å². The lowest BCUT2D eigenvalue weighted by Gasteiger charge is -2.11. The van der Waals surface area contributed by atoms with Crippen LogP contribution in [0, 0.1) is 0 Å². The van der Waals surface area contributed by atoms with E-state index < -0.39 is 6.10 Å². The number of halogens is 3. The van der Waals surface area contributed by atoms with Gasteiger partial charge in [0.15, 0.2) is 0 Å². The van der Waals surface area contributed by atoms with E-state index in [0.29, 0.717) is 20.7 Å². The summed E-state index contributed by atoms with van der Waals surface area (Å²) in [5.74, 6) is 0.759. The molecule has 0 radical (unpaired) electrons. The normalized spacial score (nSPS) is 12.5. The summed E-state index contributed by atoms with van der Waals surface area (Å²) in [5.41, 5.74) is 1.65. The van der Waals surface area contributed by atoms with Gasteiger partial charge in [0.2, 0.25) is 0 Å². The topological polar surface area (TPSA) is 29.5 Å². The van der Waals surface area contributed by atoms with Gasteiger partial charge in [-0.1, -0.05) is 29.3 Å². The quantitative estimate of drug-likeness (QED) is 0.797. The summed E-state index contributed by atoms with van der Waals surface area (Å²) in [6.45, 7) is 0. The van der Waals surface area contributed by atoms with Crippen molar-refractivity contribution in [2.24, 2.45) is 0 Å². The highest BCUT2D eigenvalue weighted by molar-refractivity contribution is 9.10. The van der Waals surface area contributed by atoms with E-state index in [1.54, 1.807) is 13.2 Å². The highest BCUT2D eigenvalue weighted by Crippen LogP contribution is 2.36. The summed E-state index contributed by atoms with van der Waals surface area (Å²) in [6, 6.07) is 7.39. The number of aliphatic hydroxyl groups excluding tert-OH is 1. The number of hydrogen-bond donors (Lipinski definition) is 1. The van der Waals surface area contributed by atoms with Crippen LogP contribution >= 0.6 is 50.5 Å². The first-order valence-corrected chi connectivity index (χ1v) is 7.83. The van der Waals surface area contributed by atoms with Crippen molar-refractivity contribution in [2.75, 3.05) is 7.11 Å². The molecule has 1 heterocycles. The Hall–Kier alpha value is -0.260. The third kappa shape index (κ3) is 3.64. The first kappa shape index (κ1) is 15.1. The van der Waals surface area contributed by atoms with Gasteiger partial charge < -0.3 is 9.84 Å². The number of hydrogen-bond acceptors (Lipinski definition) is 3. The zero-order valence-corrected chi connectivity index (χ0v) is 13.9. The molecule has 1 aromatic heterocycles. The van der Waals surface area contributed by atoms with E-state index in [1.165, 1.54) is 11.3 Å². The predicted octanol–water partition coefficient (Wildman–Crippen LogP) is 5.10. The van der Waals surface area contributed by atoms with Crippen LogP contribution in [0.15, 0.2) is 28.7 Å². The molecular formula is C13H11BrCl2O2S. The second-order valence-electron chi connectivity index (χ2n) is 3.97. The van der Waals surface area contributed by atoms with Crippen molar-refractivity contribution in [2.45, 2.75) is 12.5 Å². The Bertz CT molecular complexity index is 586. The van der Waals surface area contributed by atoms with Crippen LogP contribution in [0.25, 0.3) is 0 Å². The summed E-state index contributed by atoms with van der Waals surface area (Å²) in [4.78, 5) is 0. The Morgan fingerprint density at radius 2 is 2.11 bits per heavy atom. The summed E-state index contributed by atoms with van der Waals surface area (Å²) < 4.78 is 7.13. The smallest absolute Gasteiger partial charge is 0.133 e. The van der Waals surface area contributed by atoms with Crippen LogP contribution in [0.1, 0.15) is 17.2 Å². The van der Waals surface area contributed by atoms with Gasteiger partial charge in [0, 0.05) is 12.0 Å². The maximum absolute atomic E-state index is 10.2. The third-order valence-electron chi connectivity index (χ3n) is 2.69. The van der Waals surface area contributed by atoms with Crippen molar-refractivity contribution in [1.82, 2.24) is 0 Å².